The Kier molecular flexibility index (Phi) is 4.30. The van der Waals surface area contributed by atoms with Crippen molar-refractivity contribution in [2.45, 2.75) is 19.4 Å². The monoisotopic (exact) mass is 209 g/mol. The third kappa shape index (κ3) is 4.60. The normalized spacial score (nSPS) is 12.8. The van der Waals surface area contributed by atoms with E-state index in [-0.39, 0.29) is 0 Å². The lowest BCUT2D eigenvalue weighted by Gasteiger charge is -2.16. The molecule has 1 unspecified atom stereocenters. The fraction of sp³-hybridized carbons (Fsp3) is 0.600. The molecule has 0 aliphatic carbocycles. The van der Waals surface area contributed by atoms with Crippen molar-refractivity contribution >= 4 is 11.8 Å². The molecule has 0 aromatic carbocycles. The van der Waals surface area contributed by atoms with Gasteiger partial charge < -0.3 is 16.0 Å². The Labute approximate surface area is 90.7 Å². The predicted molar refractivity (Wildman–Crippen MR) is 62.7 cm³/mol. The molecule has 15 heavy (non-hydrogen) atoms. The van der Waals surface area contributed by atoms with Gasteiger partial charge in [-0.3, -0.25) is 0 Å². The van der Waals surface area contributed by atoms with Crippen molar-refractivity contribution in [2.24, 2.45) is 0 Å². The fourth-order valence-corrected chi connectivity index (χ4v) is 1.19. The Morgan fingerprint density at radius 2 is 2.27 bits per heavy atom. The van der Waals surface area contributed by atoms with Crippen molar-refractivity contribution in [3.8, 4) is 0 Å². The van der Waals surface area contributed by atoms with Crippen LogP contribution in [-0.4, -0.2) is 41.5 Å². The van der Waals surface area contributed by atoms with E-state index in [1.54, 1.807) is 12.3 Å². The highest BCUT2D eigenvalue weighted by Crippen LogP contribution is 2.05. The molecule has 1 aromatic rings. The van der Waals surface area contributed by atoms with Gasteiger partial charge in [0, 0.05) is 12.2 Å². The van der Waals surface area contributed by atoms with Crippen molar-refractivity contribution in [1.29, 1.82) is 0 Å². The van der Waals surface area contributed by atoms with E-state index in [0.717, 1.165) is 13.0 Å². The number of hydrogen-bond donors (Lipinski definition) is 2. The second-order valence-corrected chi connectivity index (χ2v) is 3.94. The molecule has 3 N–H and O–H groups in total. The summed E-state index contributed by atoms with van der Waals surface area (Å²) in [5, 5.41) is 3.21. The number of hydrogen-bond acceptors (Lipinski definition) is 5. The summed E-state index contributed by atoms with van der Waals surface area (Å²) in [7, 11) is 4.12. The van der Waals surface area contributed by atoms with Crippen LogP contribution in [0.15, 0.2) is 12.3 Å². The first kappa shape index (κ1) is 11.7. The van der Waals surface area contributed by atoms with Gasteiger partial charge >= 0.3 is 0 Å². The molecule has 0 aliphatic rings. The van der Waals surface area contributed by atoms with E-state index in [9.17, 15) is 0 Å². The zero-order valence-electron chi connectivity index (χ0n) is 9.57. The molecule has 0 aliphatic heterocycles. The number of nitrogens with one attached hydrogen (secondary N) is 1. The van der Waals surface area contributed by atoms with Gasteiger partial charge in [-0.05, 0) is 40.1 Å². The number of nitrogens with two attached hydrogens (primary N) is 1. The molecular formula is C10H19N5. The highest BCUT2D eigenvalue weighted by molar-refractivity contribution is 5.35. The van der Waals surface area contributed by atoms with Crippen LogP contribution in [0.2, 0.25) is 0 Å². The van der Waals surface area contributed by atoms with Crippen LogP contribution >= 0.6 is 0 Å². The van der Waals surface area contributed by atoms with Crippen molar-refractivity contribution in [1.82, 2.24) is 14.9 Å². The largest absolute Gasteiger partial charge is 0.384 e. The van der Waals surface area contributed by atoms with Gasteiger partial charge in [-0.2, -0.15) is 4.98 Å². The number of nitrogens with zero attached hydrogens (tertiary/aromatic N) is 3. The summed E-state index contributed by atoms with van der Waals surface area (Å²) in [6, 6.07) is 2.02. The minimum Gasteiger partial charge on any atom is -0.384 e. The number of rotatable bonds is 5. The van der Waals surface area contributed by atoms with Gasteiger partial charge in [0.1, 0.15) is 5.82 Å². The lowest BCUT2D eigenvalue weighted by molar-refractivity contribution is 0.390. The van der Waals surface area contributed by atoms with Gasteiger partial charge in [0.05, 0.1) is 0 Å². The minimum absolute atomic E-state index is 0.342. The SMILES string of the molecule is CC(CCN(C)C)Nc1nccc(N)n1. The van der Waals surface area contributed by atoms with Crippen LogP contribution in [0.3, 0.4) is 0 Å². The highest BCUT2D eigenvalue weighted by Gasteiger charge is 2.04. The molecule has 0 fully saturated rings. The smallest absolute Gasteiger partial charge is 0.224 e. The fourth-order valence-electron chi connectivity index (χ4n) is 1.19. The molecule has 5 nitrogen and oxygen atoms in total. The number of nitrogen functional groups attached to an aromatic ring is 1. The molecule has 5 heteroatoms. The molecule has 0 saturated carbocycles. The Morgan fingerprint density at radius 1 is 1.53 bits per heavy atom. The van der Waals surface area contributed by atoms with E-state index >= 15 is 0 Å². The van der Waals surface area contributed by atoms with Crippen LogP contribution in [0.25, 0.3) is 0 Å². The van der Waals surface area contributed by atoms with E-state index in [4.69, 9.17) is 5.73 Å². The summed E-state index contributed by atoms with van der Waals surface area (Å²) >= 11 is 0. The number of aromatic nitrogens is 2. The van der Waals surface area contributed by atoms with E-state index in [1.807, 2.05) is 0 Å². The molecule has 0 saturated heterocycles. The Hall–Kier alpha value is -1.36. The van der Waals surface area contributed by atoms with E-state index in [2.05, 4.69) is 41.2 Å². The second-order valence-electron chi connectivity index (χ2n) is 3.94. The first-order valence-electron chi connectivity index (χ1n) is 5.07. The van der Waals surface area contributed by atoms with E-state index in [1.165, 1.54) is 0 Å². The minimum atomic E-state index is 0.342. The van der Waals surface area contributed by atoms with Gasteiger partial charge in [0.25, 0.3) is 0 Å². The molecule has 0 amide bonds. The van der Waals surface area contributed by atoms with Crippen molar-refractivity contribution in [2.75, 3.05) is 31.7 Å². The Morgan fingerprint density at radius 3 is 2.87 bits per heavy atom. The van der Waals surface area contributed by atoms with Gasteiger partial charge in [0.15, 0.2) is 0 Å². The van der Waals surface area contributed by atoms with Crippen molar-refractivity contribution in [3.63, 3.8) is 0 Å². The summed E-state index contributed by atoms with van der Waals surface area (Å²) in [5.41, 5.74) is 5.56. The van der Waals surface area contributed by atoms with Crippen LogP contribution < -0.4 is 11.1 Å². The molecule has 1 aromatic heterocycles. The Bertz CT molecular complexity index is 300. The lowest BCUT2D eigenvalue weighted by Crippen LogP contribution is -2.23. The zero-order valence-corrected chi connectivity index (χ0v) is 9.57. The molecule has 0 spiro atoms. The maximum atomic E-state index is 5.56. The maximum absolute atomic E-state index is 5.56. The Balaban J connectivity index is 2.40. The third-order valence-corrected chi connectivity index (χ3v) is 2.06. The van der Waals surface area contributed by atoms with Crippen LogP contribution in [0.4, 0.5) is 11.8 Å². The number of anilines is 2. The molecule has 0 bridgehead atoms. The highest BCUT2D eigenvalue weighted by atomic mass is 15.1. The summed E-state index contributed by atoms with van der Waals surface area (Å²) in [6.45, 7) is 3.15. The summed E-state index contributed by atoms with van der Waals surface area (Å²) in [6.07, 6.45) is 2.70. The maximum Gasteiger partial charge on any atom is 0.224 e. The summed E-state index contributed by atoms with van der Waals surface area (Å²) in [5.74, 6) is 1.09. The van der Waals surface area contributed by atoms with Crippen LogP contribution in [-0.2, 0) is 0 Å². The second kappa shape index (κ2) is 5.50. The molecule has 0 radical (unpaired) electrons. The van der Waals surface area contributed by atoms with E-state index in [0.29, 0.717) is 17.8 Å². The molecule has 1 heterocycles. The molecular weight excluding hydrogens is 190 g/mol. The standard InChI is InChI=1S/C10H19N5/c1-8(5-7-15(2)3)13-10-12-6-4-9(11)14-10/h4,6,8H,5,7H2,1-3H3,(H3,11,12,13,14). The molecule has 1 rings (SSSR count). The summed E-state index contributed by atoms with van der Waals surface area (Å²) in [4.78, 5) is 10.3. The topological polar surface area (TPSA) is 67.1 Å². The van der Waals surface area contributed by atoms with Gasteiger partial charge in [-0.1, -0.05) is 0 Å². The van der Waals surface area contributed by atoms with Crippen LogP contribution in [0.5, 0.6) is 0 Å². The van der Waals surface area contributed by atoms with Crippen LogP contribution in [0, 0.1) is 0 Å². The van der Waals surface area contributed by atoms with Crippen molar-refractivity contribution in [3.05, 3.63) is 12.3 Å². The average molecular weight is 209 g/mol. The first-order chi connectivity index (χ1) is 7.08. The van der Waals surface area contributed by atoms with Gasteiger partial charge in [0.2, 0.25) is 5.95 Å². The predicted octanol–water partition coefficient (Wildman–Crippen LogP) is 0.811. The van der Waals surface area contributed by atoms with Crippen molar-refractivity contribution < 1.29 is 0 Å². The quantitative estimate of drug-likeness (QED) is 0.751. The average Bonchev–Trinajstić information content (AvgIpc) is 2.15. The first-order valence-corrected chi connectivity index (χ1v) is 5.07. The summed E-state index contributed by atoms with van der Waals surface area (Å²) < 4.78 is 0. The molecule has 1 atom stereocenters. The molecule has 84 valence electrons. The van der Waals surface area contributed by atoms with Gasteiger partial charge in [-0.25, -0.2) is 4.98 Å². The zero-order chi connectivity index (χ0) is 11.3. The van der Waals surface area contributed by atoms with Crippen LogP contribution in [0.1, 0.15) is 13.3 Å². The lowest BCUT2D eigenvalue weighted by atomic mass is 10.2. The van der Waals surface area contributed by atoms with Gasteiger partial charge in [-0.15, -0.1) is 0 Å². The third-order valence-electron chi connectivity index (χ3n) is 2.06. The van der Waals surface area contributed by atoms with E-state index < -0.39 is 0 Å².